The third-order valence-electron chi connectivity index (χ3n) is 2.12. The Balaban J connectivity index is 0.000000437. The Morgan fingerprint density at radius 2 is 1.94 bits per heavy atom. The van der Waals surface area contributed by atoms with E-state index in [1.54, 1.807) is 0 Å². The van der Waals surface area contributed by atoms with Crippen LogP contribution in [0.25, 0.3) is 0 Å². The van der Waals surface area contributed by atoms with E-state index in [1.165, 1.54) is 0 Å². The van der Waals surface area contributed by atoms with Gasteiger partial charge in [0.2, 0.25) is 0 Å². The summed E-state index contributed by atoms with van der Waals surface area (Å²) in [6, 6.07) is -0.730. The molecule has 1 rings (SSSR count). The molecule has 17 heavy (non-hydrogen) atoms. The molecule has 0 amide bonds. The van der Waals surface area contributed by atoms with E-state index in [2.05, 4.69) is 5.73 Å². The monoisotopic (exact) mass is 242 g/mol. The predicted octanol–water partition coefficient (Wildman–Crippen LogP) is -0.0496. The largest absolute Gasteiger partial charge is 0.480 e. The SMILES string of the molecule is NCC(=O)O.N[C@@H](CC1C=CC=CC1)C(=O)O. The van der Waals surface area contributed by atoms with Gasteiger partial charge in [-0.25, -0.2) is 0 Å². The number of rotatable bonds is 4. The lowest BCUT2D eigenvalue weighted by molar-refractivity contribution is -0.139. The second-order valence-electron chi connectivity index (χ2n) is 3.59. The molecular formula is C11H18N2O4. The highest BCUT2D eigenvalue weighted by Crippen LogP contribution is 2.16. The van der Waals surface area contributed by atoms with Crippen molar-refractivity contribution in [3.8, 4) is 0 Å². The van der Waals surface area contributed by atoms with Crippen molar-refractivity contribution in [2.24, 2.45) is 17.4 Å². The van der Waals surface area contributed by atoms with Crippen LogP contribution in [-0.4, -0.2) is 34.7 Å². The smallest absolute Gasteiger partial charge is 0.320 e. The highest BCUT2D eigenvalue weighted by molar-refractivity contribution is 5.73. The third kappa shape index (κ3) is 8.18. The maximum atomic E-state index is 10.4. The Morgan fingerprint density at radius 3 is 2.29 bits per heavy atom. The van der Waals surface area contributed by atoms with Crippen LogP contribution in [0.1, 0.15) is 12.8 Å². The summed E-state index contributed by atoms with van der Waals surface area (Å²) >= 11 is 0. The molecule has 1 unspecified atom stereocenters. The number of carboxylic acids is 2. The zero-order valence-corrected chi connectivity index (χ0v) is 9.45. The minimum absolute atomic E-state index is 0.278. The number of aliphatic carboxylic acids is 2. The standard InChI is InChI=1S/C9H13NO2.C2H5NO2/c10-8(9(11)12)6-7-4-2-1-3-5-7;3-1-2(4)5/h1-4,7-8H,5-6,10H2,(H,11,12);1,3H2,(H,4,5)/t7?,8-;/m0./s1. The lowest BCUT2D eigenvalue weighted by atomic mass is 9.94. The summed E-state index contributed by atoms with van der Waals surface area (Å²) in [7, 11) is 0. The molecule has 0 saturated carbocycles. The van der Waals surface area contributed by atoms with Crippen LogP contribution in [0.3, 0.4) is 0 Å². The lowest BCUT2D eigenvalue weighted by Gasteiger charge is -2.14. The maximum absolute atomic E-state index is 10.4. The summed E-state index contributed by atoms with van der Waals surface area (Å²) in [4.78, 5) is 19.6. The summed E-state index contributed by atoms with van der Waals surface area (Å²) in [5.41, 5.74) is 9.96. The van der Waals surface area contributed by atoms with Crippen molar-refractivity contribution in [1.29, 1.82) is 0 Å². The zero-order chi connectivity index (χ0) is 13.3. The Morgan fingerprint density at radius 1 is 1.35 bits per heavy atom. The fraction of sp³-hybridized carbons (Fsp3) is 0.455. The van der Waals surface area contributed by atoms with Crippen molar-refractivity contribution in [3.63, 3.8) is 0 Å². The van der Waals surface area contributed by atoms with E-state index in [4.69, 9.17) is 15.9 Å². The minimum Gasteiger partial charge on any atom is -0.480 e. The number of carbonyl (C=O) groups is 2. The van der Waals surface area contributed by atoms with Gasteiger partial charge < -0.3 is 21.7 Å². The minimum atomic E-state index is -0.968. The highest BCUT2D eigenvalue weighted by atomic mass is 16.4. The predicted molar refractivity (Wildman–Crippen MR) is 63.3 cm³/mol. The van der Waals surface area contributed by atoms with E-state index in [0.717, 1.165) is 6.42 Å². The van der Waals surface area contributed by atoms with E-state index in [9.17, 15) is 9.59 Å². The first-order valence-electron chi connectivity index (χ1n) is 5.21. The summed E-state index contributed by atoms with van der Waals surface area (Å²) < 4.78 is 0. The van der Waals surface area contributed by atoms with Crippen molar-refractivity contribution in [1.82, 2.24) is 0 Å². The second kappa shape index (κ2) is 8.49. The van der Waals surface area contributed by atoms with E-state index in [0.29, 0.717) is 12.3 Å². The van der Waals surface area contributed by atoms with Gasteiger partial charge in [0.25, 0.3) is 0 Å². The Kier molecular flexibility index (Phi) is 7.66. The maximum Gasteiger partial charge on any atom is 0.320 e. The molecule has 0 fully saturated rings. The lowest BCUT2D eigenvalue weighted by Crippen LogP contribution is -2.32. The summed E-state index contributed by atoms with van der Waals surface area (Å²) in [6.07, 6.45) is 9.35. The molecule has 6 heteroatoms. The van der Waals surface area contributed by atoms with Crippen LogP contribution in [0.2, 0.25) is 0 Å². The van der Waals surface area contributed by atoms with E-state index >= 15 is 0 Å². The normalized spacial score (nSPS) is 19.1. The third-order valence-corrected chi connectivity index (χ3v) is 2.12. The first-order valence-corrected chi connectivity index (χ1v) is 5.21. The quantitative estimate of drug-likeness (QED) is 0.547. The summed E-state index contributed by atoms with van der Waals surface area (Å²) in [5.74, 6) is -1.59. The fourth-order valence-electron chi connectivity index (χ4n) is 1.23. The van der Waals surface area contributed by atoms with E-state index in [1.807, 2.05) is 24.3 Å². The molecule has 0 saturated heterocycles. The Labute approximate surface area is 99.6 Å². The topological polar surface area (TPSA) is 127 Å². The summed E-state index contributed by atoms with van der Waals surface area (Å²) in [6.45, 7) is -0.278. The molecule has 0 aliphatic heterocycles. The number of carboxylic acid groups (broad SMARTS) is 2. The van der Waals surface area contributed by atoms with Crippen LogP contribution < -0.4 is 11.5 Å². The first-order chi connectivity index (χ1) is 7.97. The molecule has 0 spiro atoms. The molecule has 0 aromatic carbocycles. The van der Waals surface area contributed by atoms with E-state index in [-0.39, 0.29) is 6.54 Å². The highest BCUT2D eigenvalue weighted by Gasteiger charge is 2.16. The van der Waals surface area contributed by atoms with Crippen LogP contribution in [-0.2, 0) is 9.59 Å². The molecule has 0 bridgehead atoms. The number of nitrogens with two attached hydrogens (primary N) is 2. The van der Waals surface area contributed by atoms with Crippen molar-refractivity contribution < 1.29 is 19.8 Å². The van der Waals surface area contributed by atoms with Gasteiger partial charge in [0, 0.05) is 0 Å². The summed E-state index contributed by atoms with van der Waals surface area (Å²) in [5, 5.41) is 16.1. The molecule has 96 valence electrons. The fourth-order valence-corrected chi connectivity index (χ4v) is 1.23. The molecule has 0 heterocycles. The molecule has 0 radical (unpaired) electrons. The first kappa shape index (κ1) is 15.3. The van der Waals surface area contributed by atoms with Crippen LogP contribution in [0.15, 0.2) is 24.3 Å². The van der Waals surface area contributed by atoms with Crippen LogP contribution in [0.4, 0.5) is 0 Å². The molecule has 1 aliphatic rings. The molecule has 2 atom stereocenters. The van der Waals surface area contributed by atoms with Gasteiger partial charge in [-0.15, -0.1) is 0 Å². The average Bonchev–Trinajstić information content (AvgIpc) is 2.31. The van der Waals surface area contributed by atoms with Gasteiger partial charge in [-0.3, -0.25) is 9.59 Å². The number of allylic oxidation sites excluding steroid dienone is 4. The Hall–Kier alpha value is -1.66. The second-order valence-corrected chi connectivity index (χ2v) is 3.59. The van der Waals surface area contributed by atoms with Crippen molar-refractivity contribution in [2.75, 3.05) is 6.54 Å². The number of hydrogen-bond acceptors (Lipinski definition) is 4. The molecular weight excluding hydrogens is 224 g/mol. The Bertz CT molecular complexity index is 313. The van der Waals surface area contributed by atoms with Crippen LogP contribution >= 0.6 is 0 Å². The molecule has 0 aromatic rings. The van der Waals surface area contributed by atoms with Gasteiger partial charge in [-0.05, 0) is 18.8 Å². The average molecular weight is 242 g/mol. The van der Waals surface area contributed by atoms with Crippen LogP contribution in [0, 0.1) is 5.92 Å². The molecule has 1 aliphatic carbocycles. The molecule has 0 aromatic heterocycles. The van der Waals surface area contributed by atoms with Gasteiger partial charge in [0.05, 0.1) is 6.54 Å². The van der Waals surface area contributed by atoms with E-state index < -0.39 is 18.0 Å². The van der Waals surface area contributed by atoms with Gasteiger partial charge >= 0.3 is 11.9 Å². The molecule has 6 N–H and O–H groups in total. The number of hydrogen-bond donors (Lipinski definition) is 4. The van der Waals surface area contributed by atoms with Crippen LogP contribution in [0.5, 0.6) is 0 Å². The van der Waals surface area contributed by atoms with Crippen molar-refractivity contribution >= 4 is 11.9 Å². The zero-order valence-electron chi connectivity index (χ0n) is 9.45. The van der Waals surface area contributed by atoms with Gasteiger partial charge in [0.15, 0.2) is 0 Å². The van der Waals surface area contributed by atoms with Gasteiger partial charge in [-0.2, -0.15) is 0 Å². The van der Waals surface area contributed by atoms with Crippen molar-refractivity contribution in [3.05, 3.63) is 24.3 Å². The van der Waals surface area contributed by atoms with Crippen molar-refractivity contribution in [2.45, 2.75) is 18.9 Å². The van der Waals surface area contributed by atoms with Gasteiger partial charge in [0.1, 0.15) is 6.04 Å². The molecule has 6 nitrogen and oxygen atoms in total. The van der Waals surface area contributed by atoms with Gasteiger partial charge in [-0.1, -0.05) is 24.3 Å².